The van der Waals surface area contributed by atoms with Crippen molar-refractivity contribution in [1.29, 1.82) is 0 Å². The highest BCUT2D eigenvalue weighted by atomic mass is 32.2. The van der Waals surface area contributed by atoms with E-state index < -0.39 is 16.3 Å². The molecule has 8 heteroatoms. The van der Waals surface area contributed by atoms with Gasteiger partial charge in [-0.2, -0.15) is 13.1 Å². The van der Waals surface area contributed by atoms with E-state index in [2.05, 4.69) is 4.72 Å². The average Bonchev–Trinajstić information content (AvgIpc) is 2.35. The van der Waals surface area contributed by atoms with E-state index in [0.29, 0.717) is 19.0 Å². The predicted molar refractivity (Wildman–Crippen MR) is 76.2 cm³/mol. The van der Waals surface area contributed by atoms with E-state index in [1.807, 2.05) is 4.72 Å². The van der Waals surface area contributed by atoms with Gasteiger partial charge in [-0.1, -0.05) is 12.8 Å². The van der Waals surface area contributed by atoms with Gasteiger partial charge < -0.3 is 10.5 Å². The van der Waals surface area contributed by atoms with E-state index in [1.54, 1.807) is 13.8 Å². The summed E-state index contributed by atoms with van der Waals surface area (Å²) in [7, 11) is -3.87. The predicted octanol–water partition coefficient (Wildman–Crippen LogP) is 0.721. The number of nitrogens with two attached hydrogens (primary N) is 1. The lowest BCUT2D eigenvalue weighted by Crippen LogP contribution is -2.44. The second-order valence-electron chi connectivity index (χ2n) is 5.45. The molecule has 4 N–H and O–H groups in total. The van der Waals surface area contributed by atoms with Crippen molar-refractivity contribution in [2.75, 3.05) is 13.1 Å². The number of amides is 1. The molecule has 0 radical (unpaired) electrons. The summed E-state index contributed by atoms with van der Waals surface area (Å²) < 4.78 is 32.4. The van der Waals surface area contributed by atoms with E-state index in [0.717, 1.165) is 25.7 Å². The third-order valence-electron chi connectivity index (χ3n) is 3.47. The molecule has 0 heterocycles. The molecule has 20 heavy (non-hydrogen) atoms. The molecule has 1 aliphatic carbocycles. The van der Waals surface area contributed by atoms with Crippen molar-refractivity contribution in [3.05, 3.63) is 0 Å². The van der Waals surface area contributed by atoms with Crippen LogP contribution in [0.2, 0.25) is 0 Å². The van der Waals surface area contributed by atoms with Gasteiger partial charge in [-0.05, 0) is 45.1 Å². The number of hydrogen-bond donors (Lipinski definition) is 3. The molecule has 0 aromatic heterocycles. The van der Waals surface area contributed by atoms with Crippen LogP contribution < -0.4 is 15.2 Å². The Labute approximate surface area is 120 Å². The summed E-state index contributed by atoms with van der Waals surface area (Å²) in [6.07, 6.45) is 2.89. The van der Waals surface area contributed by atoms with E-state index in [9.17, 15) is 13.2 Å². The topological polar surface area (TPSA) is 111 Å². The number of carbonyl (C=O) groups excluding carboxylic acids is 1. The van der Waals surface area contributed by atoms with Gasteiger partial charge in [0, 0.05) is 6.54 Å². The van der Waals surface area contributed by atoms with Crippen LogP contribution >= 0.6 is 0 Å². The Morgan fingerprint density at radius 3 is 2.45 bits per heavy atom. The second kappa shape index (κ2) is 7.80. The van der Waals surface area contributed by atoms with Gasteiger partial charge in [0.05, 0.1) is 6.10 Å². The maximum Gasteiger partial charge on any atom is 0.422 e. The Hall–Kier alpha value is -0.860. The van der Waals surface area contributed by atoms with Crippen molar-refractivity contribution in [2.45, 2.75) is 45.6 Å². The first-order valence-corrected chi connectivity index (χ1v) is 8.50. The minimum atomic E-state index is -3.87. The van der Waals surface area contributed by atoms with Crippen molar-refractivity contribution in [3.8, 4) is 0 Å². The fourth-order valence-corrected chi connectivity index (χ4v) is 3.24. The molecule has 0 saturated heterocycles. The Bertz CT molecular complexity index is 411. The average molecular weight is 307 g/mol. The highest BCUT2D eigenvalue weighted by Gasteiger charge is 2.26. The quantitative estimate of drug-likeness (QED) is 0.669. The molecule has 0 aliphatic heterocycles. The molecule has 118 valence electrons. The van der Waals surface area contributed by atoms with Crippen LogP contribution in [0, 0.1) is 11.8 Å². The molecule has 1 aliphatic rings. The SMILES string of the molecule is CC(C)OC(=O)NS(=O)(=O)NCC1CCCCC1CN. The highest BCUT2D eigenvalue weighted by Crippen LogP contribution is 2.28. The maximum absolute atomic E-state index is 11.7. The molecule has 2 atom stereocenters. The van der Waals surface area contributed by atoms with Crippen molar-refractivity contribution in [3.63, 3.8) is 0 Å². The number of rotatable bonds is 6. The van der Waals surface area contributed by atoms with Gasteiger partial charge in [-0.15, -0.1) is 0 Å². The molecule has 7 nitrogen and oxygen atoms in total. The Morgan fingerprint density at radius 1 is 1.30 bits per heavy atom. The van der Waals surface area contributed by atoms with Gasteiger partial charge in [0.1, 0.15) is 0 Å². The summed E-state index contributed by atoms with van der Waals surface area (Å²) in [5.41, 5.74) is 5.70. The first-order chi connectivity index (χ1) is 9.34. The van der Waals surface area contributed by atoms with Gasteiger partial charge in [0.2, 0.25) is 0 Å². The Morgan fingerprint density at radius 2 is 1.90 bits per heavy atom. The summed E-state index contributed by atoms with van der Waals surface area (Å²) in [4.78, 5) is 11.3. The van der Waals surface area contributed by atoms with Gasteiger partial charge in [-0.25, -0.2) is 9.52 Å². The zero-order valence-corrected chi connectivity index (χ0v) is 12.9. The standard InChI is InChI=1S/C12H25N3O4S/c1-9(2)19-12(16)15-20(17,18)14-8-11-6-4-3-5-10(11)7-13/h9-11,14H,3-8,13H2,1-2H3,(H,15,16). The van der Waals surface area contributed by atoms with Crippen molar-refractivity contribution in [2.24, 2.45) is 17.6 Å². The van der Waals surface area contributed by atoms with Crippen molar-refractivity contribution < 1.29 is 17.9 Å². The zero-order chi connectivity index (χ0) is 15.2. The minimum Gasteiger partial charge on any atom is -0.446 e. The zero-order valence-electron chi connectivity index (χ0n) is 12.1. The molecule has 0 aromatic carbocycles. The summed E-state index contributed by atoms with van der Waals surface area (Å²) in [5, 5.41) is 0. The number of nitrogens with one attached hydrogen (secondary N) is 2. The normalized spacial score (nSPS) is 23.6. The molecule has 2 unspecified atom stereocenters. The summed E-state index contributed by atoms with van der Waals surface area (Å²) in [6, 6.07) is 0. The second-order valence-corrected chi connectivity index (χ2v) is 6.95. The highest BCUT2D eigenvalue weighted by molar-refractivity contribution is 7.88. The Balaban J connectivity index is 2.44. The van der Waals surface area contributed by atoms with Crippen LogP contribution in [0.4, 0.5) is 4.79 Å². The fourth-order valence-electron chi connectivity index (χ4n) is 2.46. The summed E-state index contributed by atoms with van der Waals surface area (Å²) >= 11 is 0. The molecule has 1 rings (SSSR count). The maximum atomic E-state index is 11.7. The monoisotopic (exact) mass is 307 g/mol. The van der Waals surface area contributed by atoms with Crippen LogP contribution in [-0.4, -0.2) is 33.7 Å². The lowest BCUT2D eigenvalue weighted by atomic mass is 9.79. The molecule has 1 saturated carbocycles. The van der Waals surface area contributed by atoms with Gasteiger partial charge >= 0.3 is 16.3 Å². The van der Waals surface area contributed by atoms with E-state index in [-0.39, 0.29) is 12.0 Å². The van der Waals surface area contributed by atoms with E-state index >= 15 is 0 Å². The molecule has 1 amide bonds. The molecular weight excluding hydrogens is 282 g/mol. The molecular formula is C12H25N3O4S. The van der Waals surface area contributed by atoms with E-state index in [4.69, 9.17) is 10.5 Å². The molecule has 0 bridgehead atoms. The van der Waals surface area contributed by atoms with Gasteiger partial charge in [-0.3, -0.25) is 0 Å². The van der Waals surface area contributed by atoms with Gasteiger partial charge in [0.15, 0.2) is 0 Å². The van der Waals surface area contributed by atoms with Crippen LogP contribution in [0.1, 0.15) is 39.5 Å². The van der Waals surface area contributed by atoms with Crippen LogP contribution in [0.25, 0.3) is 0 Å². The fraction of sp³-hybridized carbons (Fsp3) is 0.917. The number of carbonyl (C=O) groups is 1. The van der Waals surface area contributed by atoms with Gasteiger partial charge in [0.25, 0.3) is 0 Å². The first-order valence-electron chi connectivity index (χ1n) is 7.02. The third kappa shape index (κ3) is 6.06. The first kappa shape index (κ1) is 17.2. The Kier molecular flexibility index (Phi) is 6.70. The van der Waals surface area contributed by atoms with Crippen LogP contribution in [-0.2, 0) is 14.9 Å². The summed E-state index contributed by atoms with van der Waals surface area (Å²) in [6.45, 7) is 4.16. The van der Waals surface area contributed by atoms with Crippen LogP contribution in [0.5, 0.6) is 0 Å². The lowest BCUT2D eigenvalue weighted by Gasteiger charge is -2.30. The summed E-state index contributed by atoms with van der Waals surface area (Å²) in [5.74, 6) is 0.570. The smallest absolute Gasteiger partial charge is 0.422 e. The molecule has 0 aromatic rings. The van der Waals surface area contributed by atoms with Crippen LogP contribution in [0.3, 0.4) is 0 Å². The number of hydrogen-bond acceptors (Lipinski definition) is 5. The van der Waals surface area contributed by atoms with Crippen molar-refractivity contribution >= 4 is 16.3 Å². The van der Waals surface area contributed by atoms with Crippen LogP contribution in [0.15, 0.2) is 0 Å². The molecule has 0 spiro atoms. The number of ether oxygens (including phenoxy) is 1. The third-order valence-corrected chi connectivity index (χ3v) is 4.45. The molecule has 1 fully saturated rings. The largest absolute Gasteiger partial charge is 0.446 e. The minimum absolute atomic E-state index is 0.228. The van der Waals surface area contributed by atoms with E-state index in [1.165, 1.54) is 0 Å². The van der Waals surface area contributed by atoms with Crippen molar-refractivity contribution in [1.82, 2.24) is 9.44 Å². The lowest BCUT2D eigenvalue weighted by molar-refractivity contribution is 0.121.